The molecule has 1 atom stereocenters. The van der Waals surface area contributed by atoms with Crippen LogP contribution in [0.25, 0.3) is 0 Å². The van der Waals surface area contributed by atoms with E-state index in [4.69, 9.17) is 4.74 Å². The molecule has 0 spiro atoms. The summed E-state index contributed by atoms with van der Waals surface area (Å²) in [5, 5.41) is 2.63. The summed E-state index contributed by atoms with van der Waals surface area (Å²) in [5.41, 5.74) is 0.650. The van der Waals surface area contributed by atoms with Gasteiger partial charge in [-0.15, -0.1) is 0 Å². The smallest absolute Gasteiger partial charge is 0.341 e. The molecule has 0 radical (unpaired) electrons. The van der Waals surface area contributed by atoms with E-state index < -0.39 is 17.9 Å². The lowest BCUT2D eigenvalue weighted by atomic mass is 10.1. The van der Waals surface area contributed by atoms with Gasteiger partial charge in [-0.2, -0.15) is 0 Å². The fraction of sp³-hybridized carbons (Fsp3) is 0.429. The Labute approximate surface area is 116 Å². The summed E-state index contributed by atoms with van der Waals surface area (Å²) in [6.45, 7) is 4.67. The lowest BCUT2D eigenvalue weighted by Crippen LogP contribution is -2.54. The van der Waals surface area contributed by atoms with Crippen LogP contribution in [0.3, 0.4) is 0 Å². The van der Waals surface area contributed by atoms with E-state index in [1.807, 2.05) is 6.92 Å². The van der Waals surface area contributed by atoms with E-state index in [1.54, 1.807) is 13.0 Å². The third kappa shape index (κ3) is 3.07. The Bertz CT molecular complexity index is 533. The average Bonchev–Trinajstić information content (AvgIpc) is 2.40. The van der Waals surface area contributed by atoms with E-state index in [0.717, 1.165) is 5.56 Å². The molecule has 0 aliphatic carbocycles. The number of amides is 2. The monoisotopic (exact) mass is 280 g/mol. The molecule has 1 heterocycles. The summed E-state index contributed by atoms with van der Waals surface area (Å²) in [7, 11) is 0. The van der Waals surface area contributed by atoms with Crippen LogP contribution in [0.5, 0.6) is 0 Å². The number of hydrogen-bond acceptors (Lipinski definition) is 3. The fourth-order valence-corrected chi connectivity index (χ4v) is 2.06. The summed E-state index contributed by atoms with van der Waals surface area (Å²) < 4.78 is 18.9. The first-order valence-corrected chi connectivity index (χ1v) is 6.51. The Hall–Kier alpha value is -2.11. The molecule has 0 aromatic heterocycles. The van der Waals surface area contributed by atoms with Crippen molar-refractivity contribution >= 4 is 12.0 Å². The van der Waals surface area contributed by atoms with E-state index in [9.17, 15) is 14.0 Å². The number of halogens is 1. The van der Waals surface area contributed by atoms with Gasteiger partial charge in [0.05, 0.1) is 18.7 Å². The number of rotatable bonds is 3. The van der Waals surface area contributed by atoms with Crippen LogP contribution in [0.15, 0.2) is 18.2 Å². The van der Waals surface area contributed by atoms with E-state index in [2.05, 4.69) is 5.32 Å². The molecule has 1 aromatic rings. The van der Waals surface area contributed by atoms with Crippen LogP contribution in [-0.2, 0) is 4.74 Å². The Morgan fingerprint density at radius 3 is 2.95 bits per heavy atom. The zero-order valence-corrected chi connectivity index (χ0v) is 11.5. The van der Waals surface area contributed by atoms with Gasteiger partial charge < -0.3 is 15.0 Å². The first-order chi connectivity index (χ1) is 9.51. The van der Waals surface area contributed by atoms with Gasteiger partial charge in [-0.25, -0.2) is 14.0 Å². The first-order valence-electron chi connectivity index (χ1n) is 6.51. The van der Waals surface area contributed by atoms with Gasteiger partial charge in [0, 0.05) is 6.54 Å². The number of esters is 1. The molecular weight excluding hydrogens is 263 g/mol. The van der Waals surface area contributed by atoms with Crippen molar-refractivity contribution in [2.75, 3.05) is 19.6 Å². The number of carbonyl (C=O) groups excluding carboxylic acids is 2. The Balaban J connectivity index is 2.03. The van der Waals surface area contributed by atoms with E-state index in [1.165, 1.54) is 17.0 Å². The van der Waals surface area contributed by atoms with Crippen molar-refractivity contribution in [3.8, 4) is 0 Å². The minimum Gasteiger partial charge on any atom is -0.455 e. The zero-order chi connectivity index (χ0) is 14.7. The highest BCUT2D eigenvalue weighted by Crippen LogP contribution is 2.13. The zero-order valence-electron chi connectivity index (χ0n) is 11.5. The van der Waals surface area contributed by atoms with Gasteiger partial charge in [0.25, 0.3) is 0 Å². The number of hydrogen-bond donors (Lipinski definition) is 1. The minimum atomic E-state index is -0.709. The number of benzene rings is 1. The van der Waals surface area contributed by atoms with Crippen LogP contribution in [0.1, 0.15) is 22.8 Å². The highest BCUT2D eigenvalue weighted by Gasteiger charge is 2.27. The maximum Gasteiger partial charge on any atom is 0.341 e. The summed E-state index contributed by atoms with van der Waals surface area (Å²) in [6, 6.07) is 4.17. The molecule has 20 heavy (non-hydrogen) atoms. The fourth-order valence-electron chi connectivity index (χ4n) is 2.06. The quantitative estimate of drug-likeness (QED) is 0.857. The molecule has 0 saturated carbocycles. The second kappa shape index (κ2) is 5.90. The van der Waals surface area contributed by atoms with Crippen molar-refractivity contribution in [1.82, 2.24) is 10.2 Å². The molecule has 1 fully saturated rings. The van der Waals surface area contributed by atoms with Gasteiger partial charge in [-0.1, -0.05) is 6.07 Å². The summed E-state index contributed by atoms with van der Waals surface area (Å²) in [6.07, 6.45) is -0.471. The van der Waals surface area contributed by atoms with Crippen molar-refractivity contribution in [2.45, 2.75) is 20.0 Å². The SMILES string of the molecule is CCN1CC(OC(=O)c2ccc(C)cc2F)CNC1=O. The standard InChI is InChI=1S/C14H17FN2O3/c1-3-17-8-10(7-16-14(17)19)20-13(18)11-5-4-9(2)6-12(11)15/h4-6,10H,3,7-8H2,1-2H3,(H,16,19). The number of nitrogens with one attached hydrogen (secondary N) is 1. The molecular formula is C14H17FN2O3. The number of likely N-dealkylation sites (N-methyl/N-ethyl adjacent to an activating group) is 1. The van der Waals surface area contributed by atoms with Gasteiger partial charge in [-0.05, 0) is 31.5 Å². The number of nitrogens with zero attached hydrogens (tertiary/aromatic N) is 1. The van der Waals surface area contributed by atoms with Gasteiger partial charge in [-0.3, -0.25) is 0 Å². The molecule has 2 rings (SSSR count). The highest BCUT2D eigenvalue weighted by atomic mass is 19.1. The third-order valence-corrected chi connectivity index (χ3v) is 3.19. The highest BCUT2D eigenvalue weighted by molar-refractivity contribution is 5.90. The Morgan fingerprint density at radius 1 is 1.55 bits per heavy atom. The maximum atomic E-state index is 13.7. The topological polar surface area (TPSA) is 58.6 Å². The summed E-state index contributed by atoms with van der Waals surface area (Å²) >= 11 is 0. The molecule has 1 aliphatic heterocycles. The van der Waals surface area contributed by atoms with Gasteiger partial charge in [0.15, 0.2) is 0 Å². The Kier molecular flexibility index (Phi) is 4.22. The van der Waals surface area contributed by atoms with Crippen LogP contribution in [0.2, 0.25) is 0 Å². The van der Waals surface area contributed by atoms with Crippen LogP contribution in [0, 0.1) is 12.7 Å². The molecule has 2 amide bonds. The molecule has 1 aliphatic rings. The molecule has 6 heteroatoms. The molecule has 1 saturated heterocycles. The van der Waals surface area contributed by atoms with Crippen molar-refractivity contribution in [3.63, 3.8) is 0 Å². The molecule has 108 valence electrons. The second-order valence-electron chi connectivity index (χ2n) is 4.74. The van der Waals surface area contributed by atoms with Crippen molar-refractivity contribution in [3.05, 3.63) is 35.1 Å². The predicted octanol–water partition coefficient (Wildman–Crippen LogP) is 1.70. The second-order valence-corrected chi connectivity index (χ2v) is 4.74. The lowest BCUT2D eigenvalue weighted by Gasteiger charge is -2.32. The molecule has 1 N–H and O–H groups in total. The minimum absolute atomic E-state index is 0.0875. The third-order valence-electron chi connectivity index (χ3n) is 3.19. The van der Waals surface area contributed by atoms with Gasteiger partial charge in [0.2, 0.25) is 0 Å². The lowest BCUT2D eigenvalue weighted by molar-refractivity contribution is 0.0181. The number of carbonyl (C=O) groups is 2. The molecule has 1 unspecified atom stereocenters. The largest absolute Gasteiger partial charge is 0.455 e. The van der Waals surface area contributed by atoms with Crippen LogP contribution in [-0.4, -0.2) is 42.6 Å². The van der Waals surface area contributed by atoms with E-state index >= 15 is 0 Å². The van der Waals surface area contributed by atoms with Crippen LogP contribution < -0.4 is 5.32 Å². The maximum absolute atomic E-state index is 13.7. The van der Waals surface area contributed by atoms with E-state index in [-0.39, 0.29) is 18.1 Å². The first kappa shape index (κ1) is 14.3. The van der Waals surface area contributed by atoms with Crippen molar-refractivity contribution < 1.29 is 18.7 Å². The normalized spacial score (nSPS) is 18.6. The summed E-state index contributed by atoms with van der Waals surface area (Å²) in [4.78, 5) is 24.9. The van der Waals surface area contributed by atoms with Crippen LogP contribution >= 0.6 is 0 Å². The van der Waals surface area contributed by atoms with Gasteiger partial charge >= 0.3 is 12.0 Å². The predicted molar refractivity (Wildman–Crippen MR) is 71.0 cm³/mol. The molecule has 0 bridgehead atoms. The number of urea groups is 1. The van der Waals surface area contributed by atoms with Gasteiger partial charge in [0.1, 0.15) is 11.9 Å². The average molecular weight is 280 g/mol. The van der Waals surface area contributed by atoms with Crippen molar-refractivity contribution in [2.24, 2.45) is 0 Å². The van der Waals surface area contributed by atoms with E-state index in [0.29, 0.717) is 13.1 Å². The van der Waals surface area contributed by atoms with Crippen molar-refractivity contribution in [1.29, 1.82) is 0 Å². The molecule has 1 aromatic carbocycles. The Morgan fingerprint density at radius 2 is 2.30 bits per heavy atom. The summed E-state index contributed by atoms with van der Waals surface area (Å²) in [5.74, 6) is -1.30. The number of ether oxygens (including phenoxy) is 1. The molecule has 5 nitrogen and oxygen atoms in total. The number of aryl methyl sites for hydroxylation is 1. The van der Waals surface area contributed by atoms with Crippen LogP contribution in [0.4, 0.5) is 9.18 Å².